The summed E-state index contributed by atoms with van der Waals surface area (Å²) in [6.45, 7) is 2.00. The lowest BCUT2D eigenvalue weighted by Crippen LogP contribution is -2.67. The van der Waals surface area contributed by atoms with Gasteiger partial charge in [0, 0.05) is 63.0 Å². The number of guanidine groups is 2. The number of aliphatic hydroxyl groups excluding tert-OH is 1. The highest BCUT2D eigenvalue weighted by molar-refractivity contribution is 6.01. The molecule has 32 nitrogen and oxygen atoms in total. The highest BCUT2D eigenvalue weighted by Gasteiger charge is 2.50. The zero-order chi connectivity index (χ0) is 68.9. The van der Waals surface area contributed by atoms with Crippen LogP contribution in [0, 0.1) is 0 Å². The molecule has 32 heteroatoms. The Morgan fingerprint density at radius 1 is 0.695 bits per heavy atom. The Morgan fingerprint density at radius 2 is 1.34 bits per heavy atom. The van der Waals surface area contributed by atoms with Gasteiger partial charge < -0.3 is 96.4 Å². The van der Waals surface area contributed by atoms with E-state index >= 15 is 14.4 Å². The molecule has 12 amide bonds. The molecule has 3 aliphatic heterocycles. The summed E-state index contributed by atoms with van der Waals surface area (Å²) in [5, 5.41) is 34.7. The molecule has 2 saturated heterocycles. The average Bonchev–Trinajstić information content (AvgIpc) is 1.67. The van der Waals surface area contributed by atoms with Gasteiger partial charge in [0.1, 0.15) is 66.0 Å². The van der Waals surface area contributed by atoms with Crippen molar-refractivity contribution in [3.63, 3.8) is 0 Å². The summed E-state index contributed by atoms with van der Waals surface area (Å²) in [4.78, 5) is 184. The molecular formula is C63H89N19O13. The Kier molecular flexibility index (Phi) is 26.0. The number of H-pyrrole nitrogens is 1. The van der Waals surface area contributed by atoms with Crippen LogP contribution in [0.1, 0.15) is 108 Å². The third-order valence-electron chi connectivity index (χ3n) is 17.3. The van der Waals surface area contributed by atoms with Crippen LogP contribution in [0.25, 0.3) is 10.9 Å². The van der Waals surface area contributed by atoms with E-state index in [1.54, 1.807) is 60.8 Å². The molecule has 3 fully saturated rings. The molecule has 0 radical (unpaired) electrons. The summed E-state index contributed by atoms with van der Waals surface area (Å²) in [6.07, 6.45) is 6.23. The molecular weight excluding hydrogens is 1230 g/mol. The molecule has 1 aromatic heterocycles. The van der Waals surface area contributed by atoms with Crippen LogP contribution < -0.4 is 76.5 Å². The lowest BCUT2D eigenvalue weighted by molar-refractivity contribution is -0.146. The van der Waals surface area contributed by atoms with Crippen molar-refractivity contribution >= 4 is 93.7 Å². The monoisotopic (exact) mass is 1320 g/mol. The fraction of sp³-hybridized carbons (Fsp3) is 0.524. The third kappa shape index (κ3) is 19.9. The van der Waals surface area contributed by atoms with E-state index in [2.05, 4.69) is 62.8 Å². The van der Waals surface area contributed by atoms with Gasteiger partial charge in [0.05, 0.1) is 6.61 Å². The Morgan fingerprint density at radius 3 is 1.99 bits per heavy atom. The number of rotatable bonds is 26. The van der Waals surface area contributed by atoms with Gasteiger partial charge in [0.25, 0.3) is 0 Å². The van der Waals surface area contributed by atoms with Crippen molar-refractivity contribution < 1.29 is 62.6 Å². The smallest absolute Gasteiger partial charge is 0.246 e. The third-order valence-corrected chi connectivity index (χ3v) is 17.3. The van der Waals surface area contributed by atoms with Gasteiger partial charge in [-0.25, -0.2) is 0 Å². The quantitative estimate of drug-likeness (QED) is 0.0157. The number of nitrogens with two attached hydrogens (primary N) is 5. The number of hydrogen-bond donors (Lipinski definition) is 16. The number of aromatic amines is 1. The molecule has 1 aliphatic carbocycles. The number of para-hydroxylation sites is 1. The maximum Gasteiger partial charge on any atom is 0.246 e. The second-order valence-corrected chi connectivity index (χ2v) is 24.3. The van der Waals surface area contributed by atoms with Gasteiger partial charge in [0.2, 0.25) is 70.9 Å². The standard InChI is InChI=1S/C63H89N19O13/c1-35(72-55(90)47(34-83)73-36(2)84)51(86)75-43(22-11-28-70-62(67)68)52(87)77-45(32-38-33-71-40-18-7-6-17-39(38)40)54(89)76-42-19-8-9-20-44(58(93)81-29-12-23-48(81)56(91)74-41(50(64)85)21-10-27-69-61(65)66)79-60(95)63(25-14-26-63)80-57(92)49-24-13-30-82(49)59(94)46(78-53(42)88)31-37-15-4-3-5-16-37/h3-9,15-18,33,35,41-49,71,83H,10-14,19-32,34H2,1-2H3,(H2,64,85)(H,72,90)(H,73,84)(H,74,91)(H,75,86)(H,76,89)(H,77,87)(H,78,88)(H,79,95)(H,80,92)(H4,65,66,69)(H4,67,68,70)/b9-8-/t35-,41-,42-,43-,44-,45-,46-,47-,48-,49-/m0/s1. The zero-order valence-electron chi connectivity index (χ0n) is 53.4. The molecule has 95 heavy (non-hydrogen) atoms. The summed E-state index contributed by atoms with van der Waals surface area (Å²) < 4.78 is 0. The number of amides is 12. The summed E-state index contributed by atoms with van der Waals surface area (Å²) in [7, 11) is 0. The van der Waals surface area contributed by atoms with E-state index in [0.29, 0.717) is 41.3 Å². The van der Waals surface area contributed by atoms with Crippen LogP contribution in [0.15, 0.2) is 82.9 Å². The maximum absolute atomic E-state index is 15.3. The number of aliphatic imine (C=N–C) groups is 2. The first-order valence-electron chi connectivity index (χ1n) is 32.0. The van der Waals surface area contributed by atoms with E-state index in [1.165, 1.54) is 28.9 Å². The van der Waals surface area contributed by atoms with Crippen molar-refractivity contribution in [3.8, 4) is 0 Å². The molecule has 7 rings (SSSR count). The number of aliphatic hydroxyl groups is 1. The van der Waals surface area contributed by atoms with Gasteiger partial charge in [-0.15, -0.1) is 0 Å². The number of primary amides is 1. The number of benzene rings is 2. The van der Waals surface area contributed by atoms with Crippen LogP contribution in [0.5, 0.6) is 0 Å². The highest BCUT2D eigenvalue weighted by atomic mass is 16.3. The molecule has 514 valence electrons. The van der Waals surface area contributed by atoms with E-state index < -0.39 is 143 Å². The second-order valence-electron chi connectivity index (χ2n) is 24.3. The first-order chi connectivity index (χ1) is 45.4. The fourth-order valence-electron chi connectivity index (χ4n) is 12.0. The SMILES string of the molecule is CC(=O)N[C@@H](CO)C(=O)N[C@@H](C)C(=O)N[C@@H](CCCN=C(N)N)C(=O)N[C@@H](Cc1c[nH]c2ccccc12)C(=O)N[C@H]1C/C=C\C[C@@H](C(=O)N2CCC[C@H]2C(=O)N[C@@H](CCCN=C(N)N)C(N)=O)NC(=O)C2(CCC2)NC(=O)[C@@H]2CCCN2C(=O)[C@H](Cc2ccccc2)NC1=O. The van der Waals surface area contributed by atoms with Crippen LogP contribution in [0.3, 0.4) is 0 Å². The van der Waals surface area contributed by atoms with Gasteiger partial charge in [-0.3, -0.25) is 67.5 Å². The predicted octanol–water partition coefficient (Wildman–Crippen LogP) is -4.17. The van der Waals surface area contributed by atoms with E-state index in [9.17, 15) is 48.3 Å². The first kappa shape index (κ1) is 72.3. The normalized spacial score (nSPS) is 21.6. The first-order valence-corrected chi connectivity index (χ1v) is 32.0. The second kappa shape index (κ2) is 34.1. The number of fused-ring (bicyclic) bond motifs is 2. The molecule has 4 heterocycles. The number of likely N-dealkylation sites (tertiary alicyclic amines) is 1. The maximum atomic E-state index is 15.3. The van der Waals surface area contributed by atoms with E-state index in [-0.39, 0.29) is 115 Å². The molecule has 2 aromatic carbocycles. The Labute approximate surface area is 548 Å². The van der Waals surface area contributed by atoms with Crippen molar-refractivity contribution in [1.82, 2.24) is 62.6 Å². The lowest BCUT2D eigenvalue weighted by atomic mass is 9.75. The largest absolute Gasteiger partial charge is 0.394 e. The predicted molar refractivity (Wildman–Crippen MR) is 348 cm³/mol. The number of carbonyl (C=O) groups is 12. The average molecular weight is 1320 g/mol. The highest BCUT2D eigenvalue weighted by Crippen LogP contribution is 2.34. The molecule has 1 saturated carbocycles. The lowest BCUT2D eigenvalue weighted by Gasteiger charge is -2.43. The molecule has 3 aromatic rings. The van der Waals surface area contributed by atoms with Crippen molar-refractivity contribution in [2.24, 2.45) is 38.7 Å². The van der Waals surface area contributed by atoms with Crippen LogP contribution in [0.4, 0.5) is 0 Å². The zero-order valence-corrected chi connectivity index (χ0v) is 53.4. The van der Waals surface area contributed by atoms with Gasteiger partial charge in [-0.05, 0) is 108 Å². The molecule has 1 spiro atoms. The van der Waals surface area contributed by atoms with Crippen molar-refractivity contribution in [2.75, 3.05) is 32.8 Å². The van der Waals surface area contributed by atoms with Crippen molar-refractivity contribution in [3.05, 3.63) is 84.1 Å². The van der Waals surface area contributed by atoms with Gasteiger partial charge in [-0.1, -0.05) is 60.7 Å². The topological polar surface area (TPSA) is 510 Å². The van der Waals surface area contributed by atoms with E-state index in [0.717, 1.165) is 6.92 Å². The molecule has 0 unspecified atom stereocenters. The van der Waals surface area contributed by atoms with Gasteiger partial charge >= 0.3 is 0 Å². The number of nitrogens with zero attached hydrogens (tertiary/aromatic N) is 4. The molecule has 0 bridgehead atoms. The minimum absolute atomic E-state index is 0.00725. The van der Waals surface area contributed by atoms with Crippen LogP contribution in [-0.2, 0) is 70.4 Å². The van der Waals surface area contributed by atoms with Crippen LogP contribution >= 0.6 is 0 Å². The summed E-state index contributed by atoms with van der Waals surface area (Å²) in [5.41, 5.74) is 28.1. The van der Waals surface area contributed by atoms with Crippen LogP contribution in [-0.4, -0.2) is 201 Å². The number of nitrogens with one attached hydrogen (secondary N) is 10. The Hall–Kier alpha value is -10.1. The Balaban J connectivity index is 1.24. The minimum atomic E-state index is -1.56. The molecule has 21 N–H and O–H groups in total. The number of aromatic nitrogens is 1. The van der Waals surface area contributed by atoms with Crippen molar-refractivity contribution in [1.29, 1.82) is 0 Å². The van der Waals surface area contributed by atoms with Crippen molar-refractivity contribution in [2.45, 2.75) is 176 Å². The number of hydrogen-bond acceptors (Lipinski definition) is 15. The molecule has 4 aliphatic rings. The summed E-state index contributed by atoms with van der Waals surface area (Å²) in [6, 6.07) is 2.63. The fourth-order valence-corrected chi connectivity index (χ4v) is 12.0. The van der Waals surface area contributed by atoms with Gasteiger partial charge in [-0.2, -0.15) is 0 Å². The minimum Gasteiger partial charge on any atom is -0.394 e. The van der Waals surface area contributed by atoms with Gasteiger partial charge in [0.15, 0.2) is 11.9 Å². The number of carbonyl (C=O) groups excluding carboxylic acids is 12. The summed E-state index contributed by atoms with van der Waals surface area (Å²) >= 11 is 0. The molecule has 10 atom stereocenters. The van der Waals surface area contributed by atoms with E-state index in [4.69, 9.17) is 28.7 Å². The van der Waals surface area contributed by atoms with Crippen LogP contribution in [0.2, 0.25) is 0 Å². The van der Waals surface area contributed by atoms with E-state index in [1.807, 2.05) is 0 Å². The summed E-state index contributed by atoms with van der Waals surface area (Å²) in [5.74, 6) is -9.58. The Bertz CT molecular complexity index is 3380.